The first-order chi connectivity index (χ1) is 10.7. The summed E-state index contributed by atoms with van der Waals surface area (Å²) in [6.45, 7) is 0. The van der Waals surface area contributed by atoms with Gasteiger partial charge in [-0.25, -0.2) is 5.10 Å². The summed E-state index contributed by atoms with van der Waals surface area (Å²) in [6, 6.07) is 17.2. The van der Waals surface area contributed by atoms with Crippen LogP contribution in [0.2, 0.25) is 0 Å². The minimum absolute atomic E-state index is 0.119. The van der Waals surface area contributed by atoms with Gasteiger partial charge < -0.3 is 0 Å². The van der Waals surface area contributed by atoms with Crippen molar-refractivity contribution in [1.82, 2.24) is 10.2 Å². The van der Waals surface area contributed by atoms with Crippen LogP contribution in [-0.2, 0) is 17.6 Å². The number of benzene rings is 2. The summed E-state index contributed by atoms with van der Waals surface area (Å²) >= 11 is 0. The molecule has 22 heavy (non-hydrogen) atoms. The number of H-pyrrole nitrogens is 1. The molecule has 4 heteroatoms. The lowest BCUT2D eigenvalue weighted by atomic mass is 10.0. The lowest BCUT2D eigenvalue weighted by Crippen LogP contribution is -2.14. The molecule has 3 rings (SSSR count). The van der Waals surface area contributed by atoms with Crippen LogP contribution >= 0.6 is 0 Å². The fourth-order valence-electron chi connectivity index (χ4n) is 2.51. The molecule has 0 saturated heterocycles. The van der Waals surface area contributed by atoms with Crippen LogP contribution in [0.15, 0.2) is 59.4 Å². The normalized spacial score (nSPS) is 10.7. The Balaban J connectivity index is 1.75. The van der Waals surface area contributed by atoms with Crippen LogP contribution < -0.4 is 5.56 Å². The van der Waals surface area contributed by atoms with Gasteiger partial charge in [0.2, 0.25) is 0 Å². The van der Waals surface area contributed by atoms with Crippen molar-refractivity contribution < 1.29 is 4.79 Å². The Morgan fingerprint density at radius 3 is 2.41 bits per heavy atom. The molecule has 1 heterocycles. The zero-order valence-electron chi connectivity index (χ0n) is 12.1. The van der Waals surface area contributed by atoms with Gasteiger partial charge in [0.1, 0.15) is 5.78 Å². The predicted molar refractivity (Wildman–Crippen MR) is 85.8 cm³/mol. The molecule has 0 aliphatic carbocycles. The molecule has 3 aromatic rings. The number of carbonyl (C=O) groups is 1. The monoisotopic (exact) mass is 292 g/mol. The Morgan fingerprint density at radius 1 is 0.955 bits per heavy atom. The second kappa shape index (κ2) is 6.35. The number of hydrogen-bond donors (Lipinski definition) is 1. The number of nitrogens with zero attached hydrogens (tertiary/aromatic N) is 1. The number of fused-ring (bicyclic) bond motifs is 1. The SMILES string of the molecule is O=C(CCc1ccccc1)Cc1n[nH]c(=O)c2ccccc12. The molecule has 0 radical (unpaired) electrons. The Kier molecular flexibility index (Phi) is 4.10. The molecular formula is C18H16N2O2. The first kappa shape index (κ1) is 14.2. The van der Waals surface area contributed by atoms with Crippen molar-refractivity contribution in [3.05, 3.63) is 76.2 Å². The summed E-state index contributed by atoms with van der Waals surface area (Å²) in [5.74, 6) is 0.119. The van der Waals surface area contributed by atoms with E-state index in [4.69, 9.17) is 0 Å². The fraction of sp³-hybridized carbons (Fsp3) is 0.167. The van der Waals surface area contributed by atoms with E-state index in [-0.39, 0.29) is 17.8 Å². The summed E-state index contributed by atoms with van der Waals surface area (Å²) in [5.41, 5.74) is 1.56. The molecular weight excluding hydrogens is 276 g/mol. The van der Waals surface area contributed by atoms with Crippen LogP contribution in [-0.4, -0.2) is 16.0 Å². The Bertz CT molecular complexity index is 854. The number of Topliss-reactive ketones (excluding diaryl/α,β-unsaturated/α-hetero) is 1. The molecule has 0 fully saturated rings. The quantitative estimate of drug-likeness (QED) is 0.786. The Hall–Kier alpha value is -2.75. The lowest BCUT2D eigenvalue weighted by molar-refractivity contribution is -0.118. The molecule has 110 valence electrons. The Morgan fingerprint density at radius 2 is 1.64 bits per heavy atom. The number of nitrogens with one attached hydrogen (secondary N) is 1. The van der Waals surface area contributed by atoms with E-state index < -0.39 is 0 Å². The van der Waals surface area contributed by atoms with Gasteiger partial charge in [-0.05, 0) is 18.1 Å². The van der Waals surface area contributed by atoms with Gasteiger partial charge >= 0.3 is 0 Å². The molecule has 2 aromatic carbocycles. The molecule has 0 aliphatic heterocycles. The highest BCUT2D eigenvalue weighted by Crippen LogP contribution is 2.14. The molecule has 0 bridgehead atoms. The van der Waals surface area contributed by atoms with Gasteiger partial charge in [-0.15, -0.1) is 0 Å². The first-order valence-corrected chi connectivity index (χ1v) is 7.26. The fourth-order valence-corrected chi connectivity index (χ4v) is 2.51. The van der Waals surface area contributed by atoms with E-state index in [2.05, 4.69) is 10.2 Å². The number of rotatable bonds is 5. The molecule has 0 spiro atoms. The number of carbonyl (C=O) groups excluding carboxylic acids is 1. The summed E-state index contributed by atoms with van der Waals surface area (Å²) in [7, 11) is 0. The van der Waals surface area contributed by atoms with E-state index in [1.807, 2.05) is 42.5 Å². The zero-order valence-corrected chi connectivity index (χ0v) is 12.1. The van der Waals surface area contributed by atoms with Crippen molar-refractivity contribution in [2.45, 2.75) is 19.3 Å². The van der Waals surface area contributed by atoms with Crippen molar-refractivity contribution in [1.29, 1.82) is 0 Å². The molecule has 1 N–H and O–H groups in total. The van der Waals surface area contributed by atoms with Crippen LogP contribution in [0.5, 0.6) is 0 Å². The lowest BCUT2D eigenvalue weighted by Gasteiger charge is -2.04. The minimum atomic E-state index is -0.226. The molecule has 0 saturated carbocycles. The molecule has 0 atom stereocenters. The van der Waals surface area contributed by atoms with E-state index in [9.17, 15) is 9.59 Å². The maximum absolute atomic E-state index is 12.2. The van der Waals surface area contributed by atoms with Gasteiger partial charge in [-0.1, -0.05) is 48.5 Å². The van der Waals surface area contributed by atoms with Crippen LogP contribution in [0.1, 0.15) is 17.7 Å². The van der Waals surface area contributed by atoms with Gasteiger partial charge in [0.15, 0.2) is 0 Å². The van der Waals surface area contributed by atoms with Crippen molar-refractivity contribution in [3.8, 4) is 0 Å². The van der Waals surface area contributed by atoms with Gasteiger partial charge in [0.25, 0.3) is 5.56 Å². The van der Waals surface area contributed by atoms with Gasteiger partial charge in [0.05, 0.1) is 17.5 Å². The third-order valence-electron chi connectivity index (χ3n) is 3.67. The van der Waals surface area contributed by atoms with Crippen LogP contribution in [0.25, 0.3) is 10.8 Å². The molecule has 0 aliphatic rings. The van der Waals surface area contributed by atoms with E-state index in [0.717, 1.165) is 17.4 Å². The predicted octanol–water partition coefficient (Wildman–Crippen LogP) is 2.67. The highest BCUT2D eigenvalue weighted by molar-refractivity contribution is 5.89. The van der Waals surface area contributed by atoms with Crippen molar-refractivity contribution in [2.24, 2.45) is 0 Å². The van der Waals surface area contributed by atoms with Crippen molar-refractivity contribution >= 4 is 16.6 Å². The van der Waals surface area contributed by atoms with E-state index in [0.29, 0.717) is 17.5 Å². The largest absolute Gasteiger partial charge is 0.299 e. The summed E-state index contributed by atoms with van der Waals surface area (Å²) in [5, 5.41) is 7.83. The number of aryl methyl sites for hydroxylation is 1. The number of ketones is 1. The summed E-state index contributed by atoms with van der Waals surface area (Å²) < 4.78 is 0. The average Bonchev–Trinajstić information content (AvgIpc) is 2.57. The average molecular weight is 292 g/mol. The van der Waals surface area contributed by atoms with Crippen LogP contribution in [0.4, 0.5) is 0 Å². The van der Waals surface area contributed by atoms with Gasteiger partial charge in [-0.2, -0.15) is 5.10 Å². The van der Waals surface area contributed by atoms with E-state index in [1.165, 1.54) is 0 Å². The third-order valence-corrected chi connectivity index (χ3v) is 3.67. The molecule has 1 aromatic heterocycles. The van der Waals surface area contributed by atoms with Gasteiger partial charge in [0, 0.05) is 11.8 Å². The van der Waals surface area contributed by atoms with Crippen molar-refractivity contribution in [2.75, 3.05) is 0 Å². The Labute approximate surface area is 127 Å². The highest BCUT2D eigenvalue weighted by atomic mass is 16.1. The molecule has 4 nitrogen and oxygen atoms in total. The third kappa shape index (κ3) is 3.11. The van der Waals surface area contributed by atoms with E-state index in [1.54, 1.807) is 12.1 Å². The summed E-state index contributed by atoms with van der Waals surface area (Å²) in [4.78, 5) is 23.9. The first-order valence-electron chi connectivity index (χ1n) is 7.26. The smallest absolute Gasteiger partial charge is 0.272 e. The van der Waals surface area contributed by atoms with Crippen LogP contribution in [0.3, 0.4) is 0 Å². The number of aromatic amines is 1. The standard InChI is InChI=1S/C18H16N2O2/c21-14(11-10-13-6-2-1-3-7-13)12-17-15-8-4-5-9-16(15)18(22)20-19-17/h1-9H,10-12H2,(H,20,22). The van der Waals surface area contributed by atoms with Crippen molar-refractivity contribution in [3.63, 3.8) is 0 Å². The molecule has 0 amide bonds. The second-order valence-corrected chi connectivity index (χ2v) is 5.25. The second-order valence-electron chi connectivity index (χ2n) is 5.25. The van der Waals surface area contributed by atoms with Crippen LogP contribution in [0, 0.1) is 0 Å². The summed E-state index contributed by atoms with van der Waals surface area (Å²) in [6.07, 6.45) is 1.43. The zero-order chi connectivity index (χ0) is 15.4. The molecule has 0 unspecified atom stereocenters. The number of aromatic nitrogens is 2. The maximum atomic E-state index is 12.2. The maximum Gasteiger partial charge on any atom is 0.272 e. The van der Waals surface area contributed by atoms with Gasteiger partial charge in [-0.3, -0.25) is 9.59 Å². The minimum Gasteiger partial charge on any atom is -0.299 e. The highest BCUT2D eigenvalue weighted by Gasteiger charge is 2.10. The van der Waals surface area contributed by atoms with E-state index >= 15 is 0 Å². The topological polar surface area (TPSA) is 62.8 Å². The number of hydrogen-bond acceptors (Lipinski definition) is 3.